The van der Waals surface area contributed by atoms with Gasteiger partial charge in [-0.05, 0) is 81.2 Å². The molecule has 0 saturated carbocycles. The molecule has 2 aromatic carbocycles. The van der Waals surface area contributed by atoms with Gasteiger partial charge in [-0.1, -0.05) is 30.3 Å². The number of benzene rings is 2. The van der Waals surface area contributed by atoms with Crippen molar-refractivity contribution in [3.05, 3.63) is 82.3 Å². The van der Waals surface area contributed by atoms with Crippen molar-refractivity contribution in [1.82, 2.24) is 19.4 Å². The van der Waals surface area contributed by atoms with Crippen molar-refractivity contribution in [2.24, 2.45) is 5.92 Å². The SMILES string of the molecule is C=CC(=O)Nc1ccc(CCn2c(=O)c(-c3cc(OC)cc(OC)c3Cl)cc3cnc(NCC4CCN(C)CC4)nc32)cc1. The molecule has 4 aromatic rings. The van der Waals surface area contributed by atoms with Crippen LogP contribution < -0.4 is 25.7 Å². The molecule has 10 nitrogen and oxygen atoms in total. The molecule has 0 atom stereocenters. The number of fused-ring (bicyclic) bond motifs is 1. The Kier molecular flexibility index (Phi) is 9.82. The molecule has 230 valence electrons. The summed E-state index contributed by atoms with van der Waals surface area (Å²) in [6.45, 7) is 6.76. The highest BCUT2D eigenvalue weighted by Crippen LogP contribution is 2.38. The molecule has 1 saturated heterocycles. The van der Waals surface area contributed by atoms with E-state index >= 15 is 0 Å². The molecule has 3 heterocycles. The van der Waals surface area contributed by atoms with Gasteiger partial charge in [0, 0.05) is 47.6 Å². The van der Waals surface area contributed by atoms with Gasteiger partial charge in [-0.15, -0.1) is 0 Å². The average molecular weight is 617 g/mol. The van der Waals surface area contributed by atoms with Crippen LogP contribution in [-0.2, 0) is 17.8 Å². The van der Waals surface area contributed by atoms with Crippen molar-refractivity contribution < 1.29 is 14.3 Å². The first-order valence-corrected chi connectivity index (χ1v) is 14.9. The number of pyridine rings is 1. The van der Waals surface area contributed by atoms with Crippen molar-refractivity contribution in [3.63, 3.8) is 0 Å². The van der Waals surface area contributed by atoms with Crippen LogP contribution in [0.15, 0.2) is 66.1 Å². The number of aromatic nitrogens is 3. The fourth-order valence-electron chi connectivity index (χ4n) is 5.37. The van der Waals surface area contributed by atoms with Gasteiger partial charge in [0.05, 0.1) is 19.2 Å². The van der Waals surface area contributed by atoms with E-state index < -0.39 is 0 Å². The monoisotopic (exact) mass is 616 g/mol. The molecule has 1 fully saturated rings. The summed E-state index contributed by atoms with van der Waals surface area (Å²) in [4.78, 5) is 37.6. The van der Waals surface area contributed by atoms with Crippen LogP contribution in [0.25, 0.3) is 22.2 Å². The van der Waals surface area contributed by atoms with Crippen molar-refractivity contribution in [2.75, 3.05) is 51.5 Å². The predicted molar refractivity (Wildman–Crippen MR) is 175 cm³/mol. The molecule has 2 N–H and O–H groups in total. The van der Waals surface area contributed by atoms with Crippen LogP contribution in [0, 0.1) is 5.92 Å². The van der Waals surface area contributed by atoms with E-state index in [1.165, 1.54) is 13.2 Å². The lowest BCUT2D eigenvalue weighted by atomic mass is 9.97. The number of nitrogens with zero attached hydrogens (tertiary/aromatic N) is 4. The van der Waals surface area contributed by atoms with Crippen molar-refractivity contribution in [1.29, 1.82) is 0 Å². The Hall–Kier alpha value is -4.41. The zero-order chi connectivity index (χ0) is 31.2. The lowest BCUT2D eigenvalue weighted by Gasteiger charge is -2.28. The second-order valence-electron chi connectivity index (χ2n) is 10.9. The number of amides is 1. The molecule has 0 unspecified atom stereocenters. The van der Waals surface area contributed by atoms with Crippen LogP contribution in [0.3, 0.4) is 0 Å². The number of likely N-dealkylation sites (tertiary alicyclic amines) is 1. The van der Waals surface area contributed by atoms with Crippen LogP contribution in [0.2, 0.25) is 5.02 Å². The Morgan fingerprint density at radius 1 is 1.11 bits per heavy atom. The maximum absolute atomic E-state index is 14.2. The Labute approximate surface area is 261 Å². The molecule has 0 radical (unpaired) electrons. The normalized spacial score (nSPS) is 13.9. The van der Waals surface area contributed by atoms with Crippen molar-refractivity contribution in [2.45, 2.75) is 25.8 Å². The number of anilines is 2. The number of ether oxygens (including phenoxy) is 2. The largest absolute Gasteiger partial charge is 0.497 e. The van der Waals surface area contributed by atoms with E-state index in [1.54, 1.807) is 36.1 Å². The van der Waals surface area contributed by atoms with Gasteiger partial charge in [-0.2, -0.15) is 4.98 Å². The Morgan fingerprint density at radius 3 is 2.55 bits per heavy atom. The molecule has 5 rings (SSSR count). The van der Waals surface area contributed by atoms with Crippen LogP contribution in [0.5, 0.6) is 11.5 Å². The number of carbonyl (C=O) groups excluding carboxylic acids is 1. The molecule has 44 heavy (non-hydrogen) atoms. The predicted octanol–water partition coefficient (Wildman–Crippen LogP) is 5.25. The minimum Gasteiger partial charge on any atom is -0.497 e. The van der Waals surface area contributed by atoms with Gasteiger partial charge >= 0.3 is 0 Å². The van der Waals surface area contributed by atoms with Gasteiger partial charge in [0.1, 0.15) is 17.1 Å². The molecule has 11 heteroatoms. The highest BCUT2D eigenvalue weighted by atomic mass is 35.5. The summed E-state index contributed by atoms with van der Waals surface area (Å²) in [5, 5.41) is 7.16. The first kappa shape index (κ1) is 31.0. The van der Waals surface area contributed by atoms with E-state index in [0.717, 1.165) is 38.0 Å². The molecule has 1 aliphatic rings. The number of rotatable bonds is 11. The van der Waals surface area contributed by atoms with Crippen LogP contribution in [-0.4, -0.2) is 66.2 Å². The van der Waals surface area contributed by atoms with Gasteiger partial charge in [0.15, 0.2) is 0 Å². The van der Waals surface area contributed by atoms with Crippen molar-refractivity contribution >= 4 is 40.2 Å². The molecule has 1 amide bonds. The van der Waals surface area contributed by atoms with E-state index in [4.69, 9.17) is 26.1 Å². The standard InChI is InChI=1S/C33H37ClN6O4/c1-5-29(41)37-24-8-6-21(7-9-24)12-15-40-31-23(20-36-33(38-31)35-19-22-10-13-39(2)14-11-22)16-27(32(40)42)26-17-25(43-3)18-28(44-4)30(26)34/h5-9,16-18,20,22H,1,10-15,19H2,2-4H3,(H,37,41)(H,35,36,38). The average Bonchev–Trinajstić information content (AvgIpc) is 3.04. The highest BCUT2D eigenvalue weighted by Gasteiger charge is 2.20. The molecular formula is C33H37ClN6O4. The van der Waals surface area contributed by atoms with E-state index in [-0.39, 0.29) is 11.5 Å². The number of piperidine rings is 1. The maximum atomic E-state index is 14.2. The Bertz CT molecular complexity index is 1710. The number of aryl methyl sites for hydroxylation is 2. The van der Waals surface area contributed by atoms with E-state index in [1.807, 2.05) is 24.3 Å². The summed E-state index contributed by atoms with van der Waals surface area (Å²) in [5.74, 6) is 1.67. The van der Waals surface area contributed by atoms with Gasteiger partial charge < -0.3 is 25.0 Å². The van der Waals surface area contributed by atoms with Gasteiger partial charge in [-0.3, -0.25) is 14.2 Å². The topological polar surface area (TPSA) is 111 Å². The second-order valence-corrected chi connectivity index (χ2v) is 11.3. The zero-order valence-corrected chi connectivity index (χ0v) is 26.0. The van der Waals surface area contributed by atoms with E-state index in [0.29, 0.717) is 69.2 Å². The third-order valence-corrected chi connectivity index (χ3v) is 8.39. The van der Waals surface area contributed by atoms with Gasteiger partial charge in [0.25, 0.3) is 5.56 Å². The number of nitrogens with one attached hydrogen (secondary N) is 2. The first-order chi connectivity index (χ1) is 21.3. The summed E-state index contributed by atoms with van der Waals surface area (Å²) in [7, 11) is 5.21. The molecular weight excluding hydrogens is 580 g/mol. The second kappa shape index (κ2) is 13.9. The number of hydrogen-bond donors (Lipinski definition) is 2. The Morgan fingerprint density at radius 2 is 1.86 bits per heavy atom. The lowest BCUT2D eigenvalue weighted by Crippen LogP contribution is -2.33. The summed E-state index contributed by atoms with van der Waals surface area (Å²) in [6, 6.07) is 12.7. The van der Waals surface area contributed by atoms with Gasteiger partial charge in [-0.25, -0.2) is 4.98 Å². The minimum atomic E-state index is -0.277. The molecule has 2 aromatic heterocycles. The summed E-state index contributed by atoms with van der Waals surface area (Å²) < 4.78 is 12.6. The smallest absolute Gasteiger partial charge is 0.260 e. The highest BCUT2D eigenvalue weighted by molar-refractivity contribution is 6.35. The maximum Gasteiger partial charge on any atom is 0.260 e. The number of hydrogen-bond acceptors (Lipinski definition) is 8. The lowest BCUT2D eigenvalue weighted by molar-refractivity contribution is -0.111. The zero-order valence-electron chi connectivity index (χ0n) is 25.2. The van der Waals surface area contributed by atoms with Crippen LogP contribution in [0.1, 0.15) is 18.4 Å². The van der Waals surface area contributed by atoms with Crippen LogP contribution >= 0.6 is 11.6 Å². The first-order valence-electron chi connectivity index (χ1n) is 14.6. The molecule has 0 aliphatic carbocycles. The van der Waals surface area contributed by atoms with Gasteiger partial charge in [0.2, 0.25) is 11.9 Å². The third kappa shape index (κ3) is 7.03. The minimum absolute atomic E-state index is 0.246. The molecule has 0 bridgehead atoms. The summed E-state index contributed by atoms with van der Waals surface area (Å²) in [6.07, 6.45) is 5.74. The van der Waals surface area contributed by atoms with Crippen molar-refractivity contribution in [3.8, 4) is 22.6 Å². The van der Waals surface area contributed by atoms with E-state index in [2.05, 4.69) is 34.1 Å². The summed E-state index contributed by atoms with van der Waals surface area (Å²) >= 11 is 6.72. The summed E-state index contributed by atoms with van der Waals surface area (Å²) in [5.41, 5.74) is 2.82. The van der Waals surface area contributed by atoms with E-state index in [9.17, 15) is 9.59 Å². The number of methoxy groups -OCH3 is 2. The molecule has 0 spiro atoms. The molecule has 1 aliphatic heterocycles. The fraction of sp³-hybridized carbons (Fsp3) is 0.333. The fourth-order valence-corrected chi connectivity index (χ4v) is 5.66. The number of halogens is 1. The third-order valence-electron chi connectivity index (χ3n) is 8.00. The number of carbonyl (C=O) groups is 1. The van der Waals surface area contributed by atoms with Crippen LogP contribution in [0.4, 0.5) is 11.6 Å². The Balaban J connectivity index is 1.51. The quantitative estimate of drug-likeness (QED) is 0.220.